The molecule has 0 bridgehead atoms. The van der Waals surface area contributed by atoms with E-state index in [1.807, 2.05) is 0 Å². The summed E-state index contributed by atoms with van der Waals surface area (Å²) in [4.78, 5) is 2.11. The maximum absolute atomic E-state index is 11.9. The molecule has 1 unspecified atom stereocenters. The summed E-state index contributed by atoms with van der Waals surface area (Å²) in [6.45, 7) is 3.44. The van der Waals surface area contributed by atoms with Crippen LogP contribution in [0.15, 0.2) is 18.2 Å². The second-order valence-electron chi connectivity index (χ2n) is 5.54. The molecule has 0 amide bonds. The maximum atomic E-state index is 11.9. The minimum atomic E-state index is -3.01. The van der Waals surface area contributed by atoms with E-state index in [-0.39, 0.29) is 5.37 Å². The van der Waals surface area contributed by atoms with Gasteiger partial charge in [0.2, 0.25) is 0 Å². The second kappa shape index (κ2) is 5.67. The Balaban J connectivity index is 1.78. The average Bonchev–Trinajstić information content (AvgIpc) is 2.85. The van der Waals surface area contributed by atoms with Gasteiger partial charge in [-0.1, -0.05) is 18.2 Å². The molecule has 1 aromatic carbocycles. The first-order valence-corrected chi connectivity index (χ1v) is 9.97. The fourth-order valence-electron chi connectivity index (χ4n) is 2.87. The van der Waals surface area contributed by atoms with Crippen molar-refractivity contribution >= 4 is 21.6 Å². The number of hydrogen-bond acceptors (Lipinski definition) is 5. The van der Waals surface area contributed by atoms with Crippen molar-refractivity contribution in [2.45, 2.75) is 25.0 Å². The van der Waals surface area contributed by atoms with Gasteiger partial charge in [0.05, 0.1) is 0 Å². The Hall–Kier alpha value is -0.560. The molecule has 110 valence electrons. The zero-order valence-corrected chi connectivity index (χ0v) is 13.3. The summed E-state index contributed by atoms with van der Waals surface area (Å²) in [6, 6.07) is 6.52. The first-order valence-electron chi connectivity index (χ1n) is 6.86. The topological polar surface area (TPSA) is 49.4 Å². The van der Waals surface area contributed by atoms with Crippen LogP contribution in [0.3, 0.4) is 0 Å². The van der Waals surface area contributed by atoms with E-state index < -0.39 is 9.84 Å². The van der Waals surface area contributed by atoms with Crippen LogP contribution in [-0.2, 0) is 29.5 Å². The summed E-state index contributed by atoms with van der Waals surface area (Å²) >= 11 is 1.73. The van der Waals surface area contributed by atoms with E-state index in [1.165, 1.54) is 22.9 Å². The molecule has 0 aliphatic carbocycles. The lowest BCUT2D eigenvalue weighted by molar-refractivity contribution is 0.262. The Morgan fingerprint density at radius 1 is 1.35 bits per heavy atom. The second-order valence-corrected chi connectivity index (χ2v) is 8.89. The molecule has 20 heavy (non-hydrogen) atoms. The number of sulfone groups is 1. The molecular weight excluding hydrogens is 292 g/mol. The van der Waals surface area contributed by atoms with Gasteiger partial charge in [-0.2, -0.15) is 11.8 Å². The van der Waals surface area contributed by atoms with Gasteiger partial charge in [-0.25, -0.2) is 8.42 Å². The smallest absolute Gasteiger partial charge is 0.164 e. The van der Waals surface area contributed by atoms with Crippen molar-refractivity contribution in [2.24, 2.45) is 0 Å². The van der Waals surface area contributed by atoms with E-state index in [2.05, 4.69) is 28.4 Å². The van der Waals surface area contributed by atoms with Crippen molar-refractivity contribution in [3.05, 3.63) is 34.9 Å². The molecule has 2 aliphatic rings. The lowest BCUT2D eigenvalue weighted by Gasteiger charge is -2.34. The van der Waals surface area contributed by atoms with Crippen molar-refractivity contribution < 1.29 is 8.42 Å². The predicted octanol–water partition coefficient (Wildman–Crippen LogP) is 1.21. The lowest BCUT2D eigenvalue weighted by Crippen LogP contribution is -2.46. The van der Waals surface area contributed by atoms with Gasteiger partial charge in [0.25, 0.3) is 0 Å². The van der Waals surface area contributed by atoms with Crippen LogP contribution in [0, 0.1) is 0 Å². The van der Waals surface area contributed by atoms with Gasteiger partial charge in [-0.05, 0) is 16.7 Å². The number of nitrogens with one attached hydrogen (secondary N) is 1. The van der Waals surface area contributed by atoms with E-state index >= 15 is 0 Å². The number of hydrogen-bond donors (Lipinski definition) is 1. The van der Waals surface area contributed by atoms with Crippen molar-refractivity contribution in [3.8, 4) is 0 Å². The summed E-state index contributed by atoms with van der Waals surface area (Å²) in [7, 11) is -3.01. The average molecular weight is 312 g/mol. The van der Waals surface area contributed by atoms with Crippen LogP contribution in [0.4, 0.5) is 0 Å². The Morgan fingerprint density at radius 3 is 2.95 bits per heavy atom. The Labute approximate surface area is 124 Å². The van der Waals surface area contributed by atoms with Gasteiger partial charge in [0.15, 0.2) is 9.84 Å². The molecule has 3 rings (SSSR count). The highest BCUT2D eigenvalue weighted by molar-refractivity contribution is 8.00. The fraction of sp³-hybridized carbons (Fsp3) is 0.571. The summed E-state index contributed by atoms with van der Waals surface area (Å²) in [5.41, 5.74) is 3.93. The van der Waals surface area contributed by atoms with Gasteiger partial charge in [-0.15, -0.1) is 0 Å². The minimum Gasteiger partial charge on any atom is -0.309 e. The van der Waals surface area contributed by atoms with Crippen molar-refractivity contribution in [1.82, 2.24) is 10.2 Å². The van der Waals surface area contributed by atoms with Crippen LogP contribution in [0.1, 0.15) is 16.7 Å². The van der Waals surface area contributed by atoms with Gasteiger partial charge >= 0.3 is 0 Å². The zero-order valence-electron chi connectivity index (χ0n) is 11.6. The van der Waals surface area contributed by atoms with Crippen LogP contribution in [0.2, 0.25) is 0 Å². The molecule has 0 radical (unpaired) electrons. The number of rotatable bonds is 3. The summed E-state index contributed by atoms with van der Waals surface area (Å²) in [5, 5.41) is 3.00. The first kappa shape index (κ1) is 14.4. The number of nitrogens with zero attached hydrogens (tertiary/aromatic N) is 1. The third-order valence-electron chi connectivity index (χ3n) is 3.97. The molecule has 0 aromatic heterocycles. The molecule has 2 aliphatic heterocycles. The van der Waals surface area contributed by atoms with Crippen LogP contribution in [0.25, 0.3) is 0 Å². The highest BCUT2D eigenvalue weighted by atomic mass is 32.2. The van der Waals surface area contributed by atoms with Crippen molar-refractivity contribution in [3.63, 3.8) is 0 Å². The largest absolute Gasteiger partial charge is 0.309 e. The van der Waals surface area contributed by atoms with Crippen LogP contribution < -0.4 is 5.32 Å². The quantitative estimate of drug-likeness (QED) is 0.909. The number of benzene rings is 1. The van der Waals surface area contributed by atoms with Crippen molar-refractivity contribution in [1.29, 1.82) is 0 Å². The third kappa shape index (κ3) is 3.03. The van der Waals surface area contributed by atoms with E-state index in [0.717, 1.165) is 31.9 Å². The molecule has 1 atom stereocenters. The Bertz CT molecular complexity index is 601. The Morgan fingerprint density at radius 2 is 2.15 bits per heavy atom. The first-order chi connectivity index (χ1) is 9.54. The summed E-state index contributed by atoms with van der Waals surface area (Å²) in [5.74, 6) is 1.70. The molecule has 1 saturated heterocycles. The van der Waals surface area contributed by atoms with E-state index in [1.54, 1.807) is 11.8 Å². The highest BCUT2D eigenvalue weighted by Gasteiger charge is 2.30. The van der Waals surface area contributed by atoms with E-state index in [4.69, 9.17) is 0 Å². The summed E-state index contributed by atoms with van der Waals surface area (Å²) in [6.07, 6.45) is 1.35. The van der Waals surface area contributed by atoms with Crippen LogP contribution >= 0.6 is 11.8 Å². The van der Waals surface area contributed by atoms with Gasteiger partial charge in [-0.3, -0.25) is 4.90 Å². The number of fused-ring (bicyclic) bond motifs is 1. The molecule has 0 spiro atoms. The molecular formula is C14H20N2O2S2. The van der Waals surface area contributed by atoms with Gasteiger partial charge < -0.3 is 5.32 Å². The van der Waals surface area contributed by atoms with Crippen molar-refractivity contribution in [2.75, 3.05) is 24.3 Å². The normalized spacial score (nSPS) is 23.8. The standard InChI is InChI=1S/C14H20N2O2S2/c1-20(17,18)14-10-19-5-4-16(14)9-11-2-3-12-7-15-8-13(12)6-11/h2-3,6,14-15H,4-5,7-10H2,1H3. The molecule has 1 fully saturated rings. The molecule has 1 N–H and O–H groups in total. The highest BCUT2D eigenvalue weighted by Crippen LogP contribution is 2.24. The Kier molecular flexibility index (Phi) is 4.08. The monoisotopic (exact) mass is 312 g/mol. The minimum absolute atomic E-state index is 0.340. The van der Waals surface area contributed by atoms with Crippen LogP contribution in [-0.4, -0.2) is 43.0 Å². The van der Waals surface area contributed by atoms with Gasteiger partial charge in [0.1, 0.15) is 5.37 Å². The zero-order chi connectivity index (χ0) is 14.2. The van der Waals surface area contributed by atoms with Gasteiger partial charge in [0, 0.05) is 43.9 Å². The molecule has 1 aromatic rings. The predicted molar refractivity (Wildman–Crippen MR) is 83.4 cm³/mol. The lowest BCUT2D eigenvalue weighted by atomic mass is 10.1. The molecule has 6 heteroatoms. The molecule has 4 nitrogen and oxygen atoms in total. The molecule has 0 saturated carbocycles. The third-order valence-corrected chi connectivity index (χ3v) is 6.66. The van der Waals surface area contributed by atoms with E-state index in [0.29, 0.717) is 5.75 Å². The fourth-order valence-corrected chi connectivity index (χ4v) is 5.81. The molecule has 2 heterocycles. The maximum Gasteiger partial charge on any atom is 0.164 e. The van der Waals surface area contributed by atoms with Crippen LogP contribution in [0.5, 0.6) is 0 Å². The summed E-state index contributed by atoms with van der Waals surface area (Å²) < 4.78 is 23.8. The van der Waals surface area contributed by atoms with E-state index in [9.17, 15) is 8.42 Å². The SMILES string of the molecule is CS(=O)(=O)C1CSCCN1Cc1ccc2c(c1)CNC2. The number of thioether (sulfide) groups is 1.